The first-order chi connectivity index (χ1) is 17.4. The van der Waals surface area contributed by atoms with Crippen LogP contribution < -0.4 is 10.1 Å². The van der Waals surface area contributed by atoms with E-state index in [2.05, 4.69) is 15.3 Å². The Morgan fingerprint density at radius 2 is 2.03 bits per heavy atom. The molecular formula is C26H26ClN5O4. The Kier molecular flexibility index (Phi) is 6.86. The molecule has 9 nitrogen and oxygen atoms in total. The monoisotopic (exact) mass is 507 g/mol. The molecule has 1 saturated carbocycles. The molecular weight excluding hydrogens is 482 g/mol. The maximum absolute atomic E-state index is 12.6. The number of hydrogen-bond acceptors (Lipinski definition) is 7. The van der Waals surface area contributed by atoms with Gasteiger partial charge in [-0.15, -0.1) is 0 Å². The van der Waals surface area contributed by atoms with Gasteiger partial charge in [0.25, 0.3) is 0 Å². The number of rotatable bonds is 7. The molecule has 0 bridgehead atoms. The number of para-hydroxylation sites is 1. The molecule has 3 heterocycles. The topological polar surface area (TPSA) is 122 Å². The van der Waals surface area contributed by atoms with Gasteiger partial charge in [0, 0.05) is 53.9 Å². The van der Waals surface area contributed by atoms with Gasteiger partial charge in [0.1, 0.15) is 17.9 Å². The number of hydrogen-bond donors (Lipinski definition) is 3. The number of benzene rings is 1. The van der Waals surface area contributed by atoms with Gasteiger partial charge in [-0.1, -0.05) is 23.7 Å². The fourth-order valence-electron chi connectivity index (χ4n) is 4.56. The molecule has 186 valence electrons. The van der Waals surface area contributed by atoms with Gasteiger partial charge in [-0.3, -0.25) is 9.78 Å². The number of aliphatic hydroxyl groups excluding tert-OH is 2. The largest absolute Gasteiger partial charge is 0.487 e. The Balaban J connectivity index is 1.36. The third-order valence-electron chi connectivity index (χ3n) is 6.48. The van der Waals surface area contributed by atoms with Crippen molar-refractivity contribution in [3.05, 3.63) is 77.2 Å². The van der Waals surface area contributed by atoms with Crippen LogP contribution in [0.25, 0.3) is 16.6 Å². The molecule has 3 aromatic heterocycles. The zero-order chi connectivity index (χ0) is 25.2. The van der Waals surface area contributed by atoms with Crippen LogP contribution in [-0.2, 0) is 17.9 Å². The number of amides is 1. The average molecular weight is 508 g/mol. The first kappa shape index (κ1) is 24.2. The molecule has 0 spiro atoms. The number of aliphatic hydroxyl groups is 2. The highest BCUT2D eigenvalue weighted by atomic mass is 35.5. The van der Waals surface area contributed by atoms with E-state index in [1.807, 2.05) is 42.0 Å². The minimum Gasteiger partial charge on any atom is -0.487 e. The standard InChI is InChI=1S/C26H26ClN5O4/c1-15-7-21(32-6-5-28-14-32)18-3-2-4-24(25(18)31-15)36-13-19-17(10-29-12-20(19)27)11-30-26(35)16-8-22(33)23(34)9-16/h2-7,10,12,14,16,22-23,33-34H,8-9,11,13H2,1H3,(H,30,35)/t22-,23-/m1/s1. The summed E-state index contributed by atoms with van der Waals surface area (Å²) in [7, 11) is 0. The van der Waals surface area contributed by atoms with E-state index in [4.69, 9.17) is 21.3 Å². The summed E-state index contributed by atoms with van der Waals surface area (Å²) in [4.78, 5) is 25.6. The van der Waals surface area contributed by atoms with Crippen LogP contribution in [0.1, 0.15) is 29.7 Å². The Hall–Kier alpha value is -3.53. The number of nitrogens with one attached hydrogen (secondary N) is 1. The number of imidazole rings is 1. The van der Waals surface area contributed by atoms with Gasteiger partial charge < -0.3 is 24.8 Å². The van der Waals surface area contributed by atoms with Crippen molar-refractivity contribution in [1.82, 2.24) is 24.8 Å². The number of aromatic nitrogens is 4. The second kappa shape index (κ2) is 10.2. The lowest BCUT2D eigenvalue weighted by Gasteiger charge is -2.16. The minimum atomic E-state index is -0.871. The van der Waals surface area contributed by atoms with E-state index in [9.17, 15) is 15.0 Å². The molecule has 1 fully saturated rings. The second-order valence-corrected chi connectivity index (χ2v) is 9.38. The van der Waals surface area contributed by atoms with Gasteiger partial charge in [0.05, 0.1) is 29.2 Å². The fraction of sp³-hybridized carbons (Fsp3) is 0.308. The lowest BCUT2D eigenvalue weighted by Crippen LogP contribution is -2.30. The fourth-order valence-corrected chi connectivity index (χ4v) is 4.79. The van der Waals surface area contributed by atoms with Gasteiger partial charge in [0.2, 0.25) is 5.91 Å². The molecule has 36 heavy (non-hydrogen) atoms. The number of carbonyl (C=O) groups is 1. The normalized spacial score (nSPS) is 18.0. The van der Waals surface area contributed by atoms with Gasteiger partial charge >= 0.3 is 0 Å². The summed E-state index contributed by atoms with van der Waals surface area (Å²) >= 11 is 6.47. The van der Waals surface area contributed by atoms with Crippen LogP contribution in [0.2, 0.25) is 5.02 Å². The average Bonchev–Trinajstić information content (AvgIpc) is 3.51. The summed E-state index contributed by atoms with van der Waals surface area (Å²) < 4.78 is 8.14. The lowest BCUT2D eigenvalue weighted by atomic mass is 10.1. The van der Waals surface area contributed by atoms with Crippen molar-refractivity contribution in [3.8, 4) is 11.4 Å². The Morgan fingerprint density at radius 1 is 1.22 bits per heavy atom. The molecule has 4 aromatic rings. The van der Waals surface area contributed by atoms with Crippen molar-refractivity contribution < 1.29 is 19.7 Å². The molecule has 1 aliphatic rings. The first-order valence-electron chi connectivity index (χ1n) is 11.7. The van der Waals surface area contributed by atoms with E-state index in [1.54, 1.807) is 18.7 Å². The van der Waals surface area contributed by atoms with Crippen LogP contribution in [0, 0.1) is 12.8 Å². The first-order valence-corrected chi connectivity index (χ1v) is 12.0. The highest BCUT2D eigenvalue weighted by Gasteiger charge is 2.35. The summed E-state index contributed by atoms with van der Waals surface area (Å²) in [5.74, 6) is -0.0518. The van der Waals surface area contributed by atoms with Crippen LogP contribution in [-0.4, -0.2) is 47.8 Å². The predicted octanol–water partition coefficient (Wildman–Crippen LogP) is 3.10. The zero-order valence-electron chi connectivity index (χ0n) is 19.6. The van der Waals surface area contributed by atoms with E-state index in [-0.39, 0.29) is 31.9 Å². The van der Waals surface area contributed by atoms with E-state index < -0.39 is 18.1 Å². The molecule has 0 unspecified atom stereocenters. The highest BCUT2D eigenvalue weighted by molar-refractivity contribution is 6.31. The van der Waals surface area contributed by atoms with E-state index >= 15 is 0 Å². The maximum atomic E-state index is 12.6. The number of nitrogens with zero attached hydrogens (tertiary/aromatic N) is 4. The second-order valence-electron chi connectivity index (χ2n) is 8.97. The van der Waals surface area contributed by atoms with Crippen LogP contribution in [0.15, 0.2) is 55.4 Å². The highest BCUT2D eigenvalue weighted by Crippen LogP contribution is 2.31. The third-order valence-corrected chi connectivity index (χ3v) is 6.80. The summed E-state index contributed by atoms with van der Waals surface area (Å²) in [5.41, 5.74) is 3.94. The number of aryl methyl sites for hydroxylation is 1. The van der Waals surface area contributed by atoms with Crippen molar-refractivity contribution in [2.75, 3.05) is 0 Å². The smallest absolute Gasteiger partial charge is 0.223 e. The molecule has 5 rings (SSSR count). The molecule has 0 radical (unpaired) electrons. The minimum absolute atomic E-state index is 0.155. The van der Waals surface area contributed by atoms with Gasteiger partial charge in [-0.05, 0) is 37.5 Å². The lowest BCUT2D eigenvalue weighted by molar-refractivity contribution is -0.125. The van der Waals surface area contributed by atoms with Crippen molar-refractivity contribution in [1.29, 1.82) is 0 Å². The Bertz CT molecular complexity index is 1380. The van der Waals surface area contributed by atoms with Crippen LogP contribution in [0.3, 0.4) is 0 Å². The quantitative estimate of drug-likeness (QED) is 0.351. The van der Waals surface area contributed by atoms with E-state index in [0.717, 1.165) is 27.8 Å². The molecule has 1 amide bonds. The summed E-state index contributed by atoms with van der Waals surface area (Å²) in [6.45, 7) is 2.29. The van der Waals surface area contributed by atoms with Crippen molar-refractivity contribution >= 4 is 28.4 Å². The third kappa shape index (κ3) is 4.90. The van der Waals surface area contributed by atoms with Gasteiger partial charge in [0.15, 0.2) is 0 Å². The Labute approximate surface area is 212 Å². The number of pyridine rings is 2. The SMILES string of the molecule is Cc1cc(-n2ccnc2)c2cccc(OCc3c(Cl)cncc3CNC(=O)C3C[C@@H](O)[C@H](O)C3)c2n1. The number of ether oxygens (including phenoxy) is 1. The van der Waals surface area contributed by atoms with Crippen LogP contribution >= 0.6 is 11.6 Å². The zero-order valence-corrected chi connectivity index (χ0v) is 20.4. The van der Waals surface area contributed by atoms with Gasteiger partial charge in [-0.25, -0.2) is 9.97 Å². The van der Waals surface area contributed by atoms with Gasteiger partial charge in [-0.2, -0.15) is 0 Å². The molecule has 1 aromatic carbocycles. The van der Waals surface area contributed by atoms with Crippen molar-refractivity contribution in [2.45, 2.75) is 45.1 Å². The van der Waals surface area contributed by atoms with Crippen molar-refractivity contribution in [3.63, 3.8) is 0 Å². The molecule has 3 N–H and O–H groups in total. The predicted molar refractivity (Wildman–Crippen MR) is 134 cm³/mol. The number of halogens is 1. The maximum Gasteiger partial charge on any atom is 0.223 e. The summed E-state index contributed by atoms with van der Waals surface area (Å²) in [6.07, 6.45) is 7.28. The van der Waals surface area contributed by atoms with Crippen molar-refractivity contribution in [2.24, 2.45) is 5.92 Å². The number of fused-ring (bicyclic) bond motifs is 1. The molecule has 2 atom stereocenters. The summed E-state index contributed by atoms with van der Waals surface area (Å²) in [5, 5.41) is 23.7. The molecule has 0 aliphatic heterocycles. The Morgan fingerprint density at radius 3 is 2.78 bits per heavy atom. The molecule has 0 saturated heterocycles. The van der Waals surface area contributed by atoms with E-state index in [0.29, 0.717) is 16.3 Å². The summed E-state index contributed by atoms with van der Waals surface area (Å²) in [6, 6.07) is 7.76. The number of carbonyl (C=O) groups excluding carboxylic acids is 1. The van der Waals surface area contributed by atoms with Crippen LogP contribution in [0.5, 0.6) is 5.75 Å². The molecule has 10 heteroatoms. The molecule has 1 aliphatic carbocycles. The van der Waals surface area contributed by atoms with Crippen LogP contribution in [0.4, 0.5) is 0 Å². The van der Waals surface area contributed by atoms with E-state index in [1.165, 1.54) is 6.20 Å².